The Morgan fingerprint density at radius 1 is 0.216 bits per heavy atom. The van der Waals surface area contributed by atoms with E-state index in [0.29, 0.717) is 0 Å². The molecule has 0 atom stereocenters. The second-order valence-corrected chi connectivity index (χ2v) is 18.0. The quantitative estimate of drug-likeness (QED) is 0.0588. The molecule has 0 heterocycles. The van der Waals surface area contributed by atoms with E-state index in [9.17, 15) is 0 Å². The molecule has 1 heteroatoms. The SMILES string of the molecule is CCCCCCCCCCC[PH](CCC)(CCCCCCCCCCC)CCCCCCCCCCC. The molecule has 0 aliphatic carbocycles. The monoisotopic (exact) mass is 541 g/mol. The topological polar surface area (TPSA) is 0 Å². The van der Waals surface area contributed by atoms with Gasteiger partial charge in [-0.15, -0.1) is 0 Å². The van der Waals surface area contributed by atoms with Crippen molar-refractivity contribution in [1.82, 2.24) is 0 Å². The summed E-state index contributed by atoms with van der Waals surface area (Å²) < 4.78 is 0. The molecule has 0 rings (SSSR count). The normalized spacial score (nSPS) is 12.4. The summed E-state index contributed by atoms with van der Waals surface area (Å²) in [7, 11) is -1.05. The fraction of sp³-hybridized carbons (Fsp3) is 1.00. The third-order valence-electron chi connectivity index (χ3n) is 9.21. The van der Waals surface area contributed by atoms with E-state index in [-0.39, 0.29) is 0 Å². The summed E-state index contributed by atoms with van der Waals surface area (Å²) in [4.78, 5) is 0. The maximum atomic E-state index is 2.49. The van der Waals surface area contributed by atoms with E-state index >= 15 is 0 Å². The van der Waals surface area contributed by atoms with E-state index < -0.39 is 7.26 Å². The van der Waals surface area contributed by atoms with Crippen LogP contribution in [0.25, 0.3) is 0 Å². The van der Waals surface area contributed by atoms with Crippen molar-refractivity contribution >= 4 is 7.26 Å². The Morgan fingerprint density at radius 2 is 0.432 bits per heavy atom. The van der Waals surface area contributed by atoms with Crippen molar-refractivity contribution in [1.29, 1.82) is 0 Å². The van der Waals surface area contributed by atoms with Crippen LogP contribution in [0.5, 0.6) is 0 Å². The van der Waals surface area contributed by atoms with E-state index in [1.54, 1.807) is 43.9 Å². The molecule has 0 aromatic rings. The zero-order valence-corrected chi connectivity index (χ0v) is 28.1. The molecular weight excluding hydrogens is 463 g/mol. The molecule has 0 N–H and O–H groups in total. The van der Waals surface area contributed by atoms with Crippen LogP contribution >= 0.6 is 7.26 Å². The second kappa shape index (κ2) is 31.0. The predicted molar refractivity (Wildman–Crippen MR) is 180 cm³/mol. The number of hydrogen-bond acceptors (Lipinski definition) is 0. The third-order valence-corrected chi connectivity index (χ3v) is 15.0. The van der Waals surface area contributed by atoms with Crippen molar-refractivity contribution in [2.75, 3.05) is 24.6 Å². The van der Waals surface area contributed by atoms with Gasteiger partial charge in [0.2, 0.25) is 0 Å². The van der Waals surface area contributed by atoms with Gasteiger partial charge in [-0.05, 0) is 0 Å². The van der Waals surface area contributed by atoms with Crippen molar-refractivity contribution in [3.05, 3.63) is 0 Å². The Balaban J connectivity index is 4.37. The van der Waals surface area contributed by atoms with Crippen LogP contribution in [0.3, 0.4) is 0 Å². The van der Waals surface area contributed by atoms with Gasteiger partial charge in [-0.3, -0.25) is 0 Å². The minimum atomic E-state index is -1.05. The van der Waals surface area contributed by atoms with Crippen LogP contribution in [0.2, 0.25) is 0 Å². The van der Waals surface area contributed by atoms with Crippen molar-refractivity contribution < 1.29 is 0 Å². The molecule has 0 spiro atoms. The van der Waals surface area contributed by atoms with Crippen LogP contribution in [0.1, 0.15) is 207 Å². The van der Waals surface area contributed by atoms with Gasteiger partial charge in [0.05, 0.1) is 0 Å². The molecule has 0 saturated carbocycles. The average Bonchev–Trinajstić information content (AvgIpc) is 2.90. The van der Waals surface area contributed by atoms with Crippen molar-refractivity contribution in [3.8, 4) is 0 Å². The fourth-order valence-corrected chi connectivity index (χ4v) is 12.3. The van der Waals surface area contributed by atoms with E-state index in [1.807, 2.05) is 0 Å². The summed E-state index contributed by atoms with van der Waals surface area (Å²) in [5, 5.41) is 0. The number of hydrogen-bond donors (Lipinski definition) is 0. The molecule has 0 amide bonds. The van der Waals surface area contributed by atoms with Gasteiger partial charge in [0.25, 0.3) is 0 Å². The Hall–Kier alpha value is 0.430. The van der Waals surface area contributed by atoms with Gasteiger partial charge in [0.15, 0.2) is 0 Å². The summed E-state index contributed by atoms with van der Waals surface area (Å²) in [5.41, 5.74) is 0. The standard InChI is InChI=1S/C36H77P/c1-5-9-12-15-18-21-24-27-30-34-37(33-8-4,35-31-28-25-22-19-16-13-10-6-2)36-32-29-26-23-20-17-14-11-7-3/h37H,5-36H2,1-4H3. The van der Waals surface area contributed by atoms with E-state index in [1.165, 1.54) is 161 Å². The molecule has 0 bridgehead atoms. The molecule has 0 aliphatic rings. The number of rotatable bonds is 32. The maximum absolute atomic E-state index is 2.49. The molecule has 0 nitrogen and oxygen atoms in total. The van der Waals surface area contributed by atoms with Crippen LogP contribution in [-0.4, -0.2) is 24.6 Å². The zero-order chi connectivity index (χ0) is 27.1. The van der Waals surface area contributed by atoms with Crippen LogP contribution in [0.4, 0.5) is 0 Å². The molecule has 0 aliphatic heterocycles. The van der Waals surface area contributed by atoms with Gasteiger partial charge in [-0.2, -0.15) is 0 Å². The molecule has 0 unspecified atom stereocenters. The van der Waals surface area contributed by atoms with E-state index in [4.69, 9.17) is 0 Å². The molecule has 0 saturated heterocycles. The van der Waals surface area contributed by atoms with Gasteiger partial charge >= 0.3 is 239 Å². The van der Waals surface area contributed by atoms with Crippen LogP contribution in [-0.2, 0) is 0 Å². The van der Waals surface area contributed by atoms with Crippen molar-refractivity contribution in [2.24, 2.45) is 0 Å². The van der Waals surface area contributed by atoms with E-state index in [0.717, 1.165) is 0 Å². The van der Waals surface area contributed by atoms with Gasteiger partial charge in [-0.1, -0.05) is 0 Å². The average molecular weight is 541 g/mol. The molecule has 0 aromatic carbocycles. The van der Waals surface area contributed by atoms with E-state index in [2.05, 4.69) is 27.7 Å². The third kappa shape index (κ3) is 26.4. The fourth-order valence-electron chi connectivity index (χ4n) is 6.71. The molecule has 0 aromatic heterocycles. The molecule has 226 valence electrons. The van der Waals surface area contributed by atoms with Gasteiger partial charge in [-0.25, -0.2) is 0 Å². The summed E-state index contributed by atoms with van der Waals surface area (Å²) >= 11 is 0. The van der Waals surface area contributed by atoms with Crippen molar-refractivity contribution in [3.63, 3.8) is 0 Å². The van der Waals surface area contributed by atoms with Crippen LogP contribution in [0.15, 0.2) is 0 Å². The van der Waals surface area contributed by atoms with Crippen molar-refractivity contribution in [2.45, 2.75) is 207 Å². The molecule has 37 heavy (non-hydrogen) atoms. The van der Waals surface area contributed by atoms with Crippen LogP contribution in [0, 0.1) is 0 Å². The Morgan fingerprint density at radius 3 is 0.649 bits per heavy atom. The Bertz CT molecular complexity index is 348. The Kier molecular flexibility index (Phi) is 31.3. The number of unbranched alkanes of at least 4 members (excludes halogenated alkanes) is 24. The first kappa shape index (κ1) is 37.4. The Labute approximate surface area is 239 Å². The van der Waals surface area contributed by atoms with Gasteiger partial charge < -0.3 is 0 Å². The zero-order valence-electron chi connectivity index (χ0n) is 27.1. The summed E-state index contributed by atoms with van der Waals surface area (Å²) in [5.74, 6) is 0. The second-order valence-electron chi connectivity index (χ2n) is 13.0. The molecule has 0 radical (unpaired) electrons. The van der Waals surface area contributed by atoms with Crippen LogP contribution < -0.4 is 0 Å². The predicted octanol–water partition coefficient (Wildman–Crippen LogP) is 13.7. The molecular formula is C36H77P. The van der Waals surface area contributed by atoms with Gasteiger partial charge in [0.1, 0.15) is 0 Å². The van der Waals surface area contributed by atoms with Gasteiger partial charge in [0, 0.05) is 0 Å². The molecule has 0 fully saturated rings. The summed E-state index contributed by atoms with van der Waals surface area (Å²) in [6, 6.07) is 0. The first-order valence-corrected chi connectivity index (χ1v) is 21.1. The summed E-state index contributed by atoms with van der Waals surface area (Å²) in [6.07, 6.45) is 48.3. The summed E-state index contributed by atoms with van der Waals surface area (Å²) in [6.45, 7) is 9.48. The minimum absolute atomic E-state index is 1.05. The first-order chi connectivity index (χ1) is 18.2. The first-order valence-electron chi connectivity index (χ1n) is 18.2.